The summed E-state index contributed by atoms with van der Waals surface area (Å²) >= 11 is 0. The SMILES string of the molecule is CCOC(=O)C1(CCCc2ccccc2)CCN(C[C@H](O)CO)CC1. The van der Waals surface area contributed by atoms with Crippen LogP contribution >= 0.6 is 0 Å². The molecule has 2 rings (SSSR count). The number of piperidine rings is 1. The van der Waals surface area contributed by atoms with Gasteiger partial charge in [0.05, 0.1) is 24.7 Å². The minimum absolute atomic E-state index is 0.0783. The van der Waals surface area contributed by atoms with Crippen LogP contribution in [0.25, 0.3) is 0 Å². The first kappa shape index (κ1) is 19.9. The molecule has 0 bridgehead atoms. The summed E-state index contributed by atoms with van der Waals surface area (Å²) < 4.78 is 5.38. The first-order chi connectivity index (χ1) is 12.1. The third kappa shape index (κ3) is 5.80. The van der Waals surface area contributed by atoms with Crippen molar-refractivity contribution in [3.63, 3.8) is 0 Å². The molecule has 1 aromatic carbocycles. The summed E-state index contributed by atoms with van der Waals surface area (Å²) in [5.74, 6) is -0.0783. The fourth-order valence-corrected chi connectivity index (χ4v) is 3.64. The molecule has 1 heterocycles. The molecule has 0 aliphatic carbocycles. The van der Waals surface area contributed by atoms with E-state index in [1.165, 1.54) is 5.56 Å². The van der Waals surface area contributed by atoms with Crippen molar-refractivity contribution in [1.29, 1.82) is 0 Å². The molecule has 0 aromatic heterocycles. The molecule has 1 saturated heterocycles. The molecule has 5 heteroatoms. The maximum absolute atomic E-state index is 12.6. The molecule has 0 amide bonds. The third-order valence-electron chi connectivity index (χ3n) is 5.16. The van der Waals surface area contributed by atoms with Gasteiger partial charge in [0, 0.05) is 6.54 Å². The van der Waals surface area contributed by atoms with E-state index in [1.807, 2.05) is 25.1 Å². The molecule has 1 aromatic rings. The second-order valence-electron chi connectivity index (χ2n) is 6.98. The number of benzene rings is 1. The molecule has 1 aliphatic rings. The topological polar surface area (TPSA) is 70.0 Å². The number of aliphatic hydroxyl groups is 2. The number of rotatable bonds is 9. The van der Waals surface area contributed by atoms with Crippen molar-refractivity contribution in [3.05, 3.63) is 35.9 Å². The van der Waals surface area contributed by atoms with Crippen molar-refractivity contribution >= 4 is 5.97 Å². The fourth-order valence-electron chi connectivity index (χ4n) is 3.64. The van der Waals surface area contributed by atoms with Crippen LogP contribution in [0.5, 0.6) is 0 Å². The van der Waals surface area contributed by atoms with Crippen LogP contribution in [0.15, 0.2) is 30.3 Å². The van der Waals surface area contributed by atoms with Gasteiger partial charge in [-0.25, -0.2) is 0 Å². The maximum atomic E-state index is 12.6. The summed E-state index contributed by atoms with van der Waals surface area (Å²) in [4.78, 5) is 14.7. The van der Waals surface area contributed by atoms with E-state index in [2.05, 4.69) is 17.0 Å². The second-order valence-corrected chi connectivity index (χ2v) is 6.98. The fraction of sp³-hybridized carbons (Fsp3) is 0.650. The number of nitrogens with zero attached hydrogens (tertiary/aromatic N) is 1. The van der Waals surface area contributed by atoms with Crippen molar-refractivity contribution in [1.82, 2.24) is 4.90 Å². The van der Waals surface area contributed by atoms with Gasteiger partial charge in [0.15, 0.2) is 0 Å². The van der Waals surface area contributed by atoms with E-state index >= 15 is 0 Å². The van der Waals surface area contributed by atoms with Crippen LogP contribution in [-0.2, 0) is 16.0 Å². The van der Waals surface area contributed by atoms with Gasteiger partial charge in [0.1, 0.15) is 0 Å². The number of aliphatic hydroxyl groups excluding tert-OH is 2. The van der Waals surface area contributed by atoms with Gasteiger partial charge in [-0.05, 0) is 57.7 Å². The maximum Gasteiger partial charge on any atom is 0.312 e. The second kappa shape index (κ2) is 9.90. The zero-order valence-electron chi connectivity index (χ0n) is 15.2. The van der Waals surface area contributed by atoms with Gasteiger partial charge in [-0.3, -0.25) is 4.79 Å². The largest absolute Gasteiger partial charge is 0.466 e. The molecule has 0 spiro atoms. The molecule has 5 nitrogen and oxygen atoms in total. The van der Waals surface area contributed by atoms with E-state index in [4.69, 9.17) is 9.84 Å². The van der Waals surface area contributed by atoms with Gasteiger partial charge in [-0.15, -0.1) is 0 Å². The molecule has 1 atom stereocenters. The van der Waals surface area contributed by atoms with Crippen molar-refractivity contribution in [2.75, 3.05) is 32.8 Å². The lowest BCUT2D eigenvalue weighted by Crippen LogP contribution is -2.47. The number of carbonyl (C=O) groups excluding carboxylic acids is 1. The lowest BCUT2D eigenvalue weighted by molar-refractivity contribution is -0.159. The smallest absolute Gasteiger partial charge is 0.312 e. The normalized spacial score (nSPS) is 18.7. The van der Waals surface area contributed by atoms with Gasteiger partial charge >= 0.3 is 5.97 Å². The van der Waals surface area contributed by atoms with E-state index in [1.54, 1.807) is 0 Å². The predicted molar refractivity (Wildman–Crippen MR) is 97.2 cm³/mol. The Bertz CT molecular complexity index is 512. The molecular formula is C20H31NO4. The zero-order valence-corrected chi connectivity index (χ0v) is 15.2. The van der Waals surface area contributed by atoms with E-state index in [9.17, 15) is 9.90 Å². The highest BCUT2D eigenvalue weighted by Crippen LogP contribution is 2.38. The number of aryl methyl sites for hydroxylation is 1. The Kier molecular flexibility index (Phi) is 7.88. The Morgan fingerprint density at radius 1 is 1.28 bits per heavy atom. The number of β-amino-alcohol motifs (C(OH)–C–C–N with tert-alkyl or cyclic N) is 1. The van der Waals surface area contributed by atoms with Crippen LogP contribution < -0.4 is 0 Å². The average molecular weight is 349 g/mol. The molecule has 1 aliphatic heterocycles. The Labute approximate surface area is 150 Å². The first-order valence-electron chi connectivity index (χ1n) is 9.32. The van der Waals surface area contributed by atoms with Crippen molar-refractivity contribution in [2.45, 2.75) is 45.1 Å². The lowest BCUT2D eigenvalue weighted by atomic mass is 9.74. The van der Waals surface area contributed by atoms with E-state index < -0.39 is 11.5 Å². The standard InChI is InChI=1S/C20H31NO4/c1-2-25-19(24)20(10-6-9-17-7-4-3-5-8-17)11-13-21(14-12-20)15-18(23)16-22/h3-5,7-8,18,22-23H,2,6,9-16H2,1H3/t18-/m0/s1. The quantitative estimate of drug-likeness (QED) is 0.668. The van der Waals surface area contributed by atoms with E-state index in [0.717, 1.165) is 45.2 Å². The Hall–Kier alpha value is -1.43. The van der Waals surface area contributed by atoms with Crippen LogP contribution in [0.1, 0.15) is 38.2 Å². The summed E-state index contributed by atoms with van der Waals surface area (Å²) in [5, 5.41) is 18.6. The minimum atomic E-state index is -0.715. The summed E-state index contributed by atoms with van der Waals surface area (Å²) in [5.41, 5.74) is 0.885. The minimum Gasteiger partial charge on any atom is -0.466 e. The predicted octanol–water partition coefficient (Wildman–Crippen LogP) is 2.01. The first-order valence-corrected chi connectivity index (χ1v) is 9.32. The highest BCUT2D eigenvalue weighted by Gasteiger charge is 2.42. The van der Waals surface area contributed by atoms with E-state index in [-0.39, 0.29) is 12.6 Å². The van der Waals surface area contributed by atoms with Crippen LogP contribution in [0.4, 0.5) is 0 Å². The molecule has 2 N–H and O–H groups in total. The Balaban J connectivity index is 1.92. The number of hydrogen-bond donors (Lipinski definition) is 2. The molecule has 140 valence electrons. The zero-order chi connectivity index (χ0) is 18.1. The van der Waals surface area contributed by atoms with Gasteiger partial charge in [-0.1, -0.05) is 30.3 Å². The number of likely N-dealkylation sites (tertiary alicyclic amines) is 1. The monoisotopic (exact) mass is 349 g/mol. The van der Waals surface area contributed by atoms with Crippen LogP contribution in [-0.4, -0.2) is 60.0 Å². The number of carbonyl (C=O) groups is 1. The van der Waals surface area contributed by atoms with Gasteiger partial charge in [0.2, 0.25) is 0 Å². The molecule has 0 radical (unpaired) electrons. The molecule has 0 unspecified atom stereocenters. The Morgan fingerprint density at radius 2 is 1.96 bits per heavy atom. The molecule has 0 saturated carbocycles. The lowest BCUT2D eigenvalue weighted by Gasteiger charge is -2.40. The summed E-state index contributed by atoms with van der Waals surface area (Å²) in [6.45, 7) is 3.99. The molecular weight excluding hydrogens is 318 g/mol. The van der Waals surface area contributed by atoms with Crippen LogP contribution in [0.3, 0.4) is 0 Å². The van der Waals surface area contributed by atoms with Gasteiger partial charge in [0.25, 0.3) is 0 Å². The molecule has 1 fully saturated rings. The summed E-state index contributed by atoms with van der Waals surface area (Å²) in [6, 6.07) is 10.3. The summed E-state index contributed by atoms with van der Waals surface area (Å²) in [7, 11) is 0. The average Bonchev–Trinajstić information content (AvgIpc) is 2.64. The van der Waals surface area contributed by atoms with E-state index in [0.29, 0.717) is 13.2 Å². The van der Waals surface area contributed by atoms with Crippen LogP contribution in [0, 0.1) is 5.41 Å². The number of esters is 1. The Morgan fingerprint density at radius 3 is 2.56 bits per heavy atom. The van der Waals surface area contributed by atoms with Gasteiger partial charge < -0.3 is 19.8 Å². The molecule has 25 heavy (non-hydrogen) atoms. The highest BCUT2D eigenvalue weighted by molar-refractivity contribution is 5.77. The summed E-state index contributed by atoms with van der Waals surface area (Å²) in [6.07, 6.45) is 3.54. The highest BCUT2D eigenvalue weighted by atomic mass is 16.5. The number of hydrogen-bond acceptors (Lipinski definition) is 5. The van der Waals surface area contributed by atoms with Crippen molar-refractivity contribution in [2.24, 2.45) is 5.41 Å². The van der Waals surface area contributed by atoms with Crippen molar-refractivity contribution < 1.29 is 19.7 Å². The third-order valence-corrected chi connectivity index (χ3v) is 5.16. The van der Waals surface area contributed by atoms with Crippen LogP contribution in [0.2, 0.25) is 0 Å². The van der Waals surface area contributed by atoms with Gasteiger partial charge in [-0.2, -0.15) is 0 Å². The number of ether oxygens (including phenoxy) is 1. The van der Waals surface area contributed by atoms with Crippen molar-refractivity contribution in [3.8, 4) is 0 Å².